The van der Waals surface area contributed by atoms with Crippen LogP contribution in [0.5, 0.6) is 0 Å². The molecule has 0 saturated heterocycles. The predicted molar refractivity (Wildman–Crippen MR) is 64.3 cm³/mol. The van der Waals surface area contributed by atoms with E-state index < -0.39 is 0 Å². The number of benzene rings is 1. The smallest absolute Gasteiger partial charge is 0.136 e. The van der Waals surface area contributed by atoms with Gasteiger partial charge in [0.1, 0.15) is 5.78 Å². The summed E-state index contributed by atoms with van der Waals surface area (Å²) in [6.45, 7) is 0. The molecule has 0 bridgehead atoms. The molecule has 3 rings (SSSR count). The van der Waals surface area contributed by atoms with Crippen LogP contribution in [0.1, 0.15) is 36.8 Å². The summed E-state index contributed by atoms with van der Waals surface area (Å²) in [6, 6.07) is 8.66. The van der Waals surface area contributed by atoms with Gasteiger partial charge in [0.2, 0.25) is 0 Å². The van der Waals surface area contributed by atoms with Gasteiger partial charge in [-0.1, -0.05) is 30.7 Å². The van der Waals surface area contributed by atoms with Gasteiger partial charge in [-0.15, -0.1) is 0 Å². The maximum atomic E-state index is 12.1. The van der Waals surface area contributed by atoms with Crippen LogP contribution >= 0.6 is 0 Å². The number of carbonyl (C=O) groups is 1. The third-order valence-corrected chi connectivity index (χ3v) is 4.27. The first-order valence-electron chi connectivity index (χ1n) is 6.44. The topological polar surface area (TPSA) is 17.1 Å². The van der Waals surface area contributed by atoms with Crippen LogP contribution in [-0.2, 0) is 17.6 Å². The van der Waals surface area contributed by atoms with Crippen molar-refractivity contribution in [2.45, 2.75) is 38.5 Å². The second-order valence-corrected chi connectivity index (χ2v) is 5.26. The molecular weight excluding hydrogens is 196 g/mol. The summed E-state index contributed by atoms with van der Waals surface area (Å²) in [7, 11) is 0. The summed E-state index contributed by atoms with van der Waals surface area (Å²) in [5, 5.41) is 0. The molecule has 1 fully saturated rings. The normalized spacial score (nSPS) is 29.1. The molecule has 0 heterocycles. The van der Waals surface area contributed by atoms with E-state index in [0.717, 1.165) is 25.7 Å². The largest absolute Gasteiger partial charge is 0.299 e. The fourth-order valence-corrected chi connectivity index (χ4v) is 3.36. The maximum Gasteiger partial charge on any atom is 0.136 e. The van der Waals surface area contributed by atoms with Gasteiger partial charge in [0.05, 0.1) is 0 Å². The minimum absolute atomic E-state index is 0.331. The van der Waals surface area contributed by atoms with Crippen molar-refractivity contribution in [3.63, 3.8) is 0 Å². The SMILES string of the molecule is O=C1CCCC[C@H]2Cc3ccccc3C[C@@H]12. The molecule has 2 aliphatic carbocycles. The Kier molecular flexibility index (Phi) is 2.55. The van der Waals surface area contributed by atoms with Gasteiger partial charge in [-0.05, 0) is 42.7 Å². The van der Waals surface area contributed by atoms with Gasteiger partial charge >= 0.3 is 0 Å². The molecule has 0 aromatic heterocycles. The highest BCUT2D eigenvalue weighted by molar-refractivity contribution is 5.82. The van der Waals surface area contributed by atoms with Gasteiger partial charge < -0.3 is 0 Å². The maximum absolute atomic E-state index is 12.1. The summed E-state index contributed by atoms with van der Waals surface area (Å²) in [4.78, 5) is 12.1. The van der Waals surface area contributed by atoms with Gasteiger partial charge in [-0.3, -0.25) is 4.79 Å². The van der Waals surface area contributed by atoms with Crippen LogP contribution in [0.15, 0.2) is 24.3 Å². The Morgan fingerprint density at radius 2 is 1.75 bits per heavy atom. The van der Waals surface area contributed by atoms with E-state index in [4.69, 9.17) is 0 Å². The average molecular weight is 214 g/mol. The minimum atomic E-state index is 0.331. The molecule has 16 heavy (non-hydrogen) atoms. The van der Waals surface area contributed by atoms with Crippen molar-refractivity contribution in [1.82, 2.24) is 0 Å². The van der Waals surface area contributed by atoms with E-state index in [0.29, 0.717) is 17.6 Å². The van der Waals surface area contributed by atoms with E-state index in [-0.39, 0.29) is 0 Å². The molecule has 0 amide bonds. The molecule has 0 spiro atoms. The van der Waals surface area contributed by atoms with Crippen molar-refractivity contribution < 1.29 is 4.79 Å². The Morgan fingerprint density at radius 1 is 1.00 bits per heavy atom. The number of hydrogen-bond acceptors (Lipinski definition) is 1. The number of rotatable bonds is 0. The zero-order chi connectivity index (χ0) is 11.0. The molecule has 1 nitrogen and oxygen atoms in total. The lowest BCUT2D eigenvalue weighted by Crippen LogP contribution is -2.30. The van der Waals surface area contributed by atoms with E-state index in [1.807, 2.05) is 0 Å². The Bertz CT molecular complexity index is 408. The van der Waals surface area contributed by atoms with Crippen LogP contribution in [0.3, 0.4) is 0 Å². The molecule has 1 heteroatoms. The van der Waals surface area contributed by atoms with Crippen molar-refractivity contribution in [2.75, 3.05) is 0 Å². The molecular formula is C15H18O. The summed E-state index contributed by atoms with van der Waals surface area (Å²) in [5.41, 5.74) is 2.90. The van der Waals surface area contributed by atoms with Crippen molar-refractivity contribution in [1.29, 1.82) is 0 Å². The van der Waals surface area contributed by atoms with Crippen LogP contribution in [0, 0.1) is 11.8 Å². The number of ketones is 1. The monoisotopic (exact) mass is 214 g/mol. The first-order valence-corrected chi connectivity index (χ1v) is 6.44. The third kappa shape index (κ3) is 1.68. The molecule has 0 aliphatic heterocycles. The lowest BCUT2D eigenvalue weighted by molar-refractivity contribution is -0.124. The fraction of sp³-hybridized carbons (Fsp3) is 0.533. The second-order valence-electron chi connectivity index (χ2n) is 5.26. The summed E-state index contributed by atoms with van der Waals surface area (Å²) >= 11 is 0. The molecule has 1 aromatic rings. The van der Waals surface area contributed by atoms with Gasteiger partial charge in [0.15, 0.2) is 0 Å². The third-order valence-electron chi connectivity index (χ3n) is 4.27. The van der Waals surface area contributed by atoms with Crippen LogP contribution in [0.4, 0.5) is 0 Å². The van der Waals surface area contributed by atoms with E-state index in [1.165, 1.54) is 24.0 Å². The molecule has 84 valence electrons. The van der Waals surface area contributed by atoms with E-state index in [9.17, 15) is 4.79 Å². The van der Waals surface area contributed by atoms with Crippen molar-refractivity contribution in [3.05, 3.63) is 35.4 Å². The quantitative estimate of drug-likeness (QED) is 0.648. The lowest BCUT2D eigenvalue weighted by atomic mass is 9.73. The predicted octanol–water partition coefficient (Wildman–Crippen LogP) is 3.16. The molecule has 2 aliphatic rings. The molecule has 0 unspecified atom stereocenters. The number of fused-ring (bicyclic) bond motifs is 2. The van der Waals surface area contributed by atoms with Gasteiger partial charge in [0.25, 0.3) is 0 Å². The Labute approximate surface area is 96.9 Å². The van der Waals surface area contributed by atoms with Crippen molar-refractivity contribution >= 4 is 5.78 Å². The number of carbonyl (C=O) groups excluding carboxylic acids is 1. The van der Waals surface area contributed by atoms with E-state index >= 15 is 0 Å². The molecule has 1 saturated carbocycles. The minimum Gasteiger partial charge on any atom is -0.299 e. The Hall–Kier alpha value is -1.11. The summed E-state index contributed by atoms with van der Waals surface area (Å²) in [6.07, 6.45) is 6.57. The molecule has 2 atom stereocenters. The Balaban J connectivity index is 1.93. The fourth-order valence-electron chi connectivity index (χ4n) is 3.36. The molecule has 1 aromatic carbocycles. The van der Waals surface area contributed by atoms with Crippen LogP contribution in [0.2, 0.25) is 0 Å². The summed E-state index contributed by atoms with van der Waals surface area (Å²) < 4.78 is 0. The van der Waals surface area contributed by atoms with E-state index in [1.54, 1.807) is 0 Å². The average Bonchev–Trinajstić information content (AvgIpc) is 2.49. The zero-order valence-electron chi connectivity index (χ0n) is 9.61. The first-order chi connectivity index (χ1) is 7.84. The molecule has 0 N–H and O–H groups in total. The molecule has 0 radical (unpaired) electrons. The van der Waals surface area contributed by atoms with Gasteiger partial charge in [-0.2, -0.15) is 0 Å². The standard InChI is InChI=1S/C15H18O/c16-15-8-4-3-7-13-9-11-5-1-2-6-12(11)10-14(13)15/h1-2,5-6,13-14H,3-4,7-10H2/t13-,14+/m0/s1. The van der Waals surface area contributed by atoms with E-state index in [2.05, 4.69) is 24.3 Å². The highest BCUT2D eigenvalue weighted by atomic mass is 16.1. The second kappa shape index (κ2) is 4.04. The lowest BCUT2D eigenvalue weighted by Gasteiger charge is -2.30. The van der Waals surface area contributed by atoms with Crippen LogP contribution in [0.25, 0.3) is 0 Å². The van der Waals surface area contributed by atoms with Crippen LogP contribution < -0.4 is 0 Å². The first kappa shape index (κ1) is 10.1. The number of hydrogen-bond donors (Lipinski definition) is 0. The highest BCUT2D eigenvalue weighted by Crippen LogP contribution is 2.36. The van der Waals surface area contributed by atoms with Crippen LogP contribution in [-0.4, -0.2) is 5.78 Å². The zero-order valence-corrected chi connectivity index (χ0v) is 9.61. The van der Waals surface area contributed by atoms with Gasteiger partial charge in [-0.25, -0.2) is 0 Å². The van der Waals surface area contributed by atoms with Crippen molar-refractivity contribution in [2.24, 2.45) is 11.8 Å². The Morgan fingerprint density at radius 3 is 2.56 bits per heavy atom. The highest BCUT2D eigenvalue weighted by Gasteiger charge is 2.33. The van der Waals surface area contributed by atoms with Crippen molar-refractivity contribution in [3.8, 4) is 0 Å². The van der Waals surface area contributed by atoms with Gasteiger partial charge in [0, 0.05) is 12.3 Å². The summed E-state index contributed by atoms with van der Waals surface area (Å²) in [5.74, 6) is 1.49. The number of Topliss-reactive ketones (excluding diaryl/α,β-unsaturated/α-hetero) is 1.